The van der Waals surface area contributed by atoms with Gasteiger partial charge < -0.3 is 5.32 Å². The molecule has 2 fully saturated rings. The zero-order valence-corrected chi connectivity index (χ0v) is 12.4. The van der Waals surface area contributed by atoms with Crippen molar-refractivity contribution in [3.8, 4) is 0 Å². The van der Waals surface area contributed by atoms with E-state index >= 15 is 0 Å². The monoisotopic (exact) mass is 309 g/mol. The lowest BCUT2D eigenvalue weighted by atomic mass is 9.91. The Morgan fingerprint density at radius 2 is 2.33 bits per heavy atom. The van der Waals surface area contributed by atoms with E-state index in [-0.39, 0.29) is 0 Å². The van der Waals surface area contributed by atoms with Gasteiger partial charge in [0.1, 0.15) is 0 Å². The van der Waals surface area contributed by atoms with Gasteiger partial charge in [-0.25, -0.2) is 0 Å². The van der Waals surface area contributed by atoms with Crippen LogP contribution in [-0.2, 0) is 6.54 Å². The molecular formula is C14H20BrN3. The lowest BCUT2D eigenvalue weighted by molar-refractivity contribution is 0.0483. The minimum Gasteiger partial charge on any atom is -0.314 e. The highest BCUT2D eigenvalue weighted by Crippen LogP contribution is 2.43. The highest BCUT2D eigenvalue weighted by Gasteiger charge is 2.46. The number of rotatable bonds is 3. The molecule has 0 radical (unpaired) electrons. The molecule has 0 bridgehead atoms. The van der Waals surface area contributed by atoms with Gasteiger partial charge in [0.05, 0.1) is 0 Å². The maximum Gasteiger partial charge on any atom is 0.0410 e. The van der Waals surface area contributed by atoms with Crippen molar-refractivity contribution < 1.29 is 0 Å². The average molecular weight is 310 g/mol. The maximum absolute atomic E-state index is 4.27. The summed E-state index contributed by atoms with van der Waals surface area (Å²) in [5.74, 6) is 0.880. The lowest BCUT2D eigenvalue weighted by Gasteiger charge is -2.46. The van der Waals surface area contributed by atoms with Crippen LogP contribution in [0, 0.1) is 5.92 Å². The first-order chi connectivity index (χ1) is 8.68. The molecule has 0 aromatic carbocycles. The molecule has 98 valence electrons. The molecule has 1 N–H and O–H groups in total. The Bertz CT molecular complexity index is 433. The molecule has 0 amide bonds. The van der Waals surface area contributed by atoms with Crippen LogP contribution >= 0.6 is 15.9 Å². The molecule has 3 rings (SSSR count). The van der Waals surface area contributed by atoms with E-state index in [1.54, 1.807) is 0 Å². The van der Waals surface area contributed by atoms with Gasteiger partial charge in [-0.05, 0) is 53.2 Å². The van der Waals surface area contributed by atoms with Gasteiger partial charge in [-0.3, -0.25) is 9.88 Å². The summed E-state index contributed by atoms with van der Waals surface area (Å²) in [6, 6.07) is 2.18. The Balaban J connectivity index is 1.77. The topological polar surface area (TPSA) is 28.2 Å². The molecule has 1 saturated heterocycles. The third kappa shape index (κ3) is 2.46. The quantitative estimate of drug-likeness (QED) is 0.929. The summed E-state index contributed by atoms with van der Waals surface area (Å²) in [6.45, 7) is 6.80. The van der Waals surface area contributed by atoms with E-state index < -0.39 is 0 Å². The minimum absolute atomic E-state index is 0.334. The Labute approximate surface area is 117 Å². The normalized spacial score (nSPS) is 29.4. The zero-order chi connectivity index (χ0) is 12.6. The van der Waals surface area contributed by atoms with Crippen LogP contribution in [0.5, 0.6) is 0 Å². The molecule has 2 aliphatic rings. The summed E-state index contributed by atoms with van der Waals surface area (Å²) in [5, 5.41) is 3.56. The Morgan fingerprint density at radius 3 is 3.06 bits per heavy atom. The van der Waals surface area contributed by atoms with Gasteiger partial charge in [0.2, 0.25) is 0 Å². The van der Waals surface area contributed by atoms with Gasteiger partial charge in [-0.2, -0.15) is 0 Å². The van der Waals surface area contributed by atoms with Crippen LogP contribution in [0.4, 0.5) is 0 Å². The van der Waals surface area contributed by atoms with Crippen LogP contribution in [0.2, 0.25) is 0 Å². The van der Waals surface area contributed by atoms with E-state index in [2.05, 4.69) is 44.1 Å². The summed E-state index contributed by atoms with van der Waals surface area (Å²) in [5.41, 5.74) is 1.64. The number of nitrogens with one attached hydrogen (secondary N) is 1. The van der Waals surface area contributed by atoms with Crippen molar-refractivity contribution in [1.29, 1.82) is 0 Å². The number of pyridine rings is 1. The number of piperazine rings is 1. The van der Waals surface area contributed by atoms with E-state index in [1.807, 2.05) is 12.4 Å². The predicted molar refractivity (Wildman–Crippen MR) is 76.3 cm³/mol. The van der Waals surface area contributed by atoms with Gasteiger partial charge in [-0.15, -0.1) is 0 Å². The fourth-order valence-corrected chi connectivity index (χ4v) is 3.47. The van der Waals surface area contributed by atoms with Crippen LogP contribution in [0.1, 0.15) is 25.3 Å². The van der Waals surface area contributed by atoms with Crippen LogP contribution in [0.3, 0.4) is 0 Å². The summed E-state index contributed by atoms with van der Waals surface area (Å²) in [6.07, 6.45) is 6.62. The predicted octanol–water partition coefficient (Wildman–Crippen LogP) is 2.42. The molecule has 1 unspecified atom stereocenters. The van der Waals surface area contributed by atoms with Crippen LogP contribution in [-0.4, -0.2) is 35.1 Å². The second-order valence-electron chi connectivity index (χ2n) is 5.74. The summed E-state index contributed by atoms with van der Waals surface area (Å²) in [7, 11) is 0. The second kappa shape index (κ2) is 4.91. The molecular weight excluding hydrogens is 290 g/mol. The summed E-state index contributed by atoms with van der Waals surface area (Å²) in [4.78, 5) is 6.91. The van der Waals surface area contributed by atoms with E-state index in [0.29, 0.717) is 5.54 Å². The van der Waals surface area contributed by atoms with Crippen molar-refractivity contribution in [2.75, 3.05) is 19.6 Å². The third-order valence-electron chi connectivity index (χ3n) is 4.36. The van der Waals surface area contributed by atoms with Crippen molar-refractivity contribution in [2.45, 2.75) is 31.8 Å². The average Bonchev–Trinajstić information content (AvgIpc) is 3.17. The van der Waals surface area contributed by atoms with Crippen molar-refractivity contribution in [1.82, 2.24) is 15.2 Å². The van der Waals surface area contributed by atoms with Crippen LogP contribution in [0.25, 0.3) is 0 Å². The van der Waals surface area contributed by atoms with Gasteiger partial charge in [0.15, 0.2) is 0 Å². The smallest absolute Gasteiger partial charge is 0.0410 e. The lowest BCUT2D eigenvalue weighted by Crippen LogP contribution is -2.60. The first-order valence-electron chi connectivity index (χ1n) is 6.74. The molecule has 0 spiro atoms. The van der Waals surface area contributed by atoms with E-state index in [0.717, 1.165) is 36.6 Å². The number of nitrogens with zero attached hydrogens (tertiary/aromatic N) is 2. The molecule has 1 aromatic rings. The summed E-state index contributed by atoms with van der Waals surface area (Å²) < 4.78 is 1.07. The Kier molecular flexibility index (Phi) is 3.43. The number of halogens is 1. The first kappa shape index (κ1) is 12.6. The summed E-state index contributed by atoms with van der Waals surface area (Å²) >= 11 is 3.50. The second-order valence-corrected chi connectivity index (χ2v) is 6.66. The van der Waals surface area contributed by atoms with Crippen molar-refractivity contribution in [3.05, 3.63) is 28.5 Å². The molecule has 2 heterocycles. The maximum atomic E-state index is 4.27. The van der Waals surface area contributed by atoms with Gasteiger partial charge in [-0.1, -0.05) is 0 Å². The molecule has 1 saturated carbocycles. The van der Waals surface area contributed by atoms with Crippen LogP contribution in [0.15, 0.2) is 22.9 Å². The van der Waals surface area contributed by atoms with Crippen molar-refractivity contribution in [3.63, 3.8) is 0 Å². The standard InChI is InChI=1S/C14H20BrN3/c1-14(12-2-3-12)10-16-4-5-18(14)9-11-6-13(15)8-17-7-11/h6-8,12,16H,2-5,9-10H2,1H3. The molecule has 1 aromatic heterocycles. The van der Waals surface area contributed by atoms with E-state index in [9.17, 15) is 0 Å². The molecule has 18 heavy (non-hydrogen) atoms. The molecule has 1 aliphatic heterocycles. The molecule has 1 atom stereocenters. The fraction of sp³-hybridized carbons (Fsp3) is 0.643. The van der Waals surface area contributed by atoms with Crippen molar-refractivity contribution >= 4 is 15.9 Å². The van der Waals surface area contributed by atoms with Crippen molar-refractivity contribution in [2.24, 2.45) is 5.92 Å². The Morgan fingerprint density at radius 1 is 1.50 bits per heavy atom. The highest BCUT2D eigenvalue weighted by molar-refractivity contribution is 9.10. The van der Waals surface area contributed by atoms with Gasteiger partial charge >= 0.3 is 0 Å². The largest absolute Gasteiger partial charge is 0.314 e. The SMILES string of the molecule is CC1(C2CC2)CNCCN1Cc1cncc(Br)c1. The zero-order valence-electron chi connectivity index (χ0n) is 10.8. The van der Waals surface area contributed by atoms with Gasteiger partial charge in [0, 0.05) is 48.6 Å². The number of hydrogen-bond acceptors (Lipinski definition) is 3. The highest BCUT2D eigenvalue weighted by atomic mass is 79.9. The van der Waals surface area contributed by atoms with E-state index in [4.69, 9.17) is 0 Å². The minimum atomic E-state index is 0.334. The fourth-order valence-electron chi connectivity index (χ4n) is 3.05. The third-order valence-corrected chi connectivity index (χ3v) is 4.79. The van der Waals surface area contributed by atoms with E-state index in [1.165, 1.54) is 18.4 Å². The molecule has 4 heteroatoms. The van der Waals surface area contributed by atoms with Gasteiger partial charge in [0.25, 0.3) is 0 Å². The molecule has 3 nitrogen and oxygen atoms in total. The number of aromatic nitrogens is 1. The Hall–Kier alpha value is -0.450. The molecule has 1 aliphatic carbocycles. The van der Waals surface area contributed by atoms with Crippen LogP contribution < -0.4 is 5.32 Å². The first-order valence-corrected chi connectivity index (χ1v) is 7.53. The number of hydrogen-bond donors (Lipinski definition) is 1.